The molecule has 3 N–H and O–H groups in total. The van der Waals surface area contributed by atoms with Gasteiger partial charge in [0, 0.05) is 16.5 Å². The Labute approximate surface area is 125 Å². The van der Waals surface area contributed by atoms with Crippen LogP contribution in [0.2, 0.25) is 10.0 Å². The highest BCUT2D eigenvalue weighted by Crippen LogP contribution is 2.22. The maximum atomic E-state index is 10.6. The van der Waals surface area contributed by atoms with Crippen molar-refractivity contribution < 1.29 is 9.32 Å². The second-order valence-corrected chi connectivity index (χ2v) is 4.93. The van der Waals surface area contributed by atoms with Crippen molar-refractivity contribution >= 4 is 29.1 Å². The number of rotatable bonds is 6. The molecule has 0 fully saturated rings. The lowest BCUT2D eigenvalue weighted by Gasteiger charge is -2.00. The molecule has 0 atom stereocenters. The first-order valence-electron chi connectivity index (χ1n) is 5.79. The van der Waals surface area contributed by atoms with Gasteiger partial charge in [-0.05, 0) is 17.7 Å². The number of halogens is 2. The maximum absolute atomic E-state index is 10.6. The third kappa shape index (κ3) is 4.19. The molecular weight excluding hydrogens is 303 g/mol. The fourth-order valence-corrected chi connectivity index (χ4v) is 2.04. The minimum Gasteiger partial charge on any atom is -0.369 e. The maximum Gasteiger partial charge on any atom is 0.240 e. The topological polar surface area (TPSA) is 94.0 Å². The predicted molar refractivity (Wildman–Crippen MR) is 74.5 cm³/mol. The first kappa shape index (κ1) is 14.8. The van der Waals surface area contributed by atoms with E-state index in [2.05, 4.69) is 15.5 Å². The minimum absolute atomic E-state index is 0.0563. The zero-order valence-corrected chi connectivity index (χ0v) is 11.9. The van der Waals surface area contributed by atoms with Gasteiger partial charge in [-0.1, -0.05) is 34.4 Å². The predicted octanol–water partition coefficient (Wildman–Crippen LogP) is 1.54. The van der Waals surface area contributed by atoms with E-state index in [0.29, 0.717) is 28.2 Å². The van der Waals surface area contributed by atoms with Crippen LogP contribution < -0.4 is 11.1 Å². The SMILES string of the molecule is NC(=O)CNCc1nc(Cc2ccc(Cl)cc2Cl)no1. The quantitative estimate of drug-likeness (QED) is 0.843. The molecular formula is C12H12Cl2N4O2. The number of primary amides is 1. The van der Waals surface area contributed by atoms with Gasteiger partial charge in [-0.25, -0.2) is 0 Å². The van der Waals surface area contributed by atoms with E-state index in [0.717, 1.165) is 5.56 Å². The summed E-state index contributed by atoms with van der Waals surface area (Å²) in [5.41, 5.74) is 5.85. The standard InChI is InChI=1S/C12H12Cl2N4O2/c13-8-2-1-7(9(14)4-8)3-11-17-12(20-18-11)6-16-5-10(15)19/h1-2,4,16H,3,5-6H2,(H2,15,19). The Morgan fingerprint density at radius 2 is 2.20 bits per heavy atom. The molecule has 0 aliphatic carbocycles. The highest BCUT2D eigenvalue weighted by atomic mass is 35.5. The molecule has 0 spiro atoms. The number of nitrogens with two attached hydrogens (primary N) is 1. The van der Waals surface area contributed by atoms with E-state index < -0.39 is 5.91 Å². The number of amides is 1. The number of benzene rings is 1. The van der Waals surface area contributed by atoms with Crippen LogP contribution in [0.3, 0.4) is 0 Å². The molecule has 1 amide bonds. The van der Waals surface area contributed by atoms with Crippen LogP contribution in [0.25, 0.3) is 0 Å². The van der Waals surface area contributed by atoms with Gasteiger partial charge >= 0.3 is 0 Å². The number of carbonyl (C=O) groups is 1. The van der Waals surface area contributed by atoms with Crippen LogP contribution in [0, 0.1) is 0 Å². The number of nitrogens with zero attached hydrogens (tertiary/aromatic N) is 2. The molecule has 1 heterocycles. The molecule has 0 aliphatic rings. The van der Waals surface area contributed by atoms with E-state index in [1.165, 1.54) is 0 Å². The molecule has 2 aromatic rings. The van der Waals surface area contributed by atoms with E-state index in [-0.39, 0.29) is 13.1 Å². The number of nitrogens with one attached hydrogen (secondary N) is 1. The molecule has 0 bridgehead atoms. The van der Waals surface area contributed by atoms with Crippen LogP contribution >= 0.6 is 23.2 Å². The Morgan fingerprint density at radius 1 is 1.40 bits per heavy atom. The Bertz CT molecular complexity index is 615. The van der Waals surface area contributed by atoms with Crippen LogP contribution in [0.5, 0.6) is 0 Å². The first-order chi connectivity index (χ1) is 9.54. The van der Waals surface area contributed by atoms with Crippen LogP contribution in [-0.4, -0.2) is 22.6 Å². The molecule has 0 radical (unpaired) electrons. The van der Waals surface area contributed by atoms with Gasteiger partial charge in [0.05, 0.1) is 13.1 Å². The van der Waals surface area contributed by atoms with Gasteiger partial charge in [-0.2, -0.15) is 4.98 Å². The van der Waals surface area contributed by atoms with Crippen molar-refractivity contribution in [3.05, 3.63) is 45.5 Å². The zero-order chi connectivity index (χ0) is 14.5. The molecule has 1 aromatic carbocycles. The van der Waals surface area contributed by atoms with Crippen molar-refractivity contribution in [2.75, 3.05) is 6.54 Å². The van der Waals surface area contributed by atoms with Crippen molar-refractivity contribution in [3.63, 3.8) is 0 Å². The van der Waals surface area contributed by atoms with Gasteiger partial charge in [0.1, 0.15) is 0 Å². The van der Waals surface area contributed by atoms with Gasteiger partial charge in [-0.15, -0.1) is 0 Å². The van der Waals surface area contributed by atoms with Crippen LogP contribution in [0.1, 0.15) is 17.3 Å². The van der Waals surface area contributed by atoms with Crippen LogP contribution in [0.4, 0.5) is 0 Å². The van der Waals surface area contributed by atoms with Crippen molar-refractivity contribution in [2.24, 2.45) is 5.73 Å². The van der Waals surface area contributed by atoms with Crippen molar-refractivity contribution in [1.29, 1.82) is 0 Å². The monoisotopic (exact) mass is 314 g/mol. The molecule has 20 heavy (non-hydrogen) atoms. The van der Waals surface area contributed by atoms with Gasteiger partial charge in [0.15, 0.2) is 5.82 Å². The average molecular weight is 315 g/mol. The number of hydrogen-bond acceptors (Lipinski definition) is 5. The highest BCUT2D eigenvalue weighted by Gasteiger charge is 2.09. The first-order valence-corrected chi connectivity index (χ1v) is 6.54. The molecule has 0 aliphatic heterocycles. The summed E-state index contributed by atoms with van der Waals surface area (Å²) >= 11 is 11.9. The smallest absolute Gasteiger partial charge is 0.240 e. The summed E-state index contributed by atoms with van der Waals surface area (Å²) in [7, 11) is 0. The van der Waals surface area contributed by atoms with E-state index >= 15 is 0 Å². The van der Waals surface area contributed by atoms with Gasteiger partial charge in [0.2, 0.25) is 11.8 Å². The normalized spacial score (nSPS) is 10.7. The number of hydrogen-bond donors (Lipinski definition) is 2. The molecule has 0 saturated heterocycles. The number of aromatic nitrogens is 2. The fourth-order valence-electron chi connectivity index (χ4n) is 1.56. The Balaban J connectivity index is 1.97. The lowest BCUT2D eigenvalue weighted by Crippen LogP contribution is -2.28. The van der Waals surface area contributed by atoms with E-state index in [1.807, 2.05) is 6.07 Å². The Kier molecular flexibility index (Phi) is 4.94. The van der Waals surface area contributed by atoms with Crippen molar-refractivity contribution in [3.8, 4) is 0 Å². The Morgan fingerprint density at radius 3 is 2.90 bits per heavy atom. The fraction of sp³-hybridized carbons (Fsp3) is 0.250. The second-order valence-electron chi connectivity index (χ2n) is 4.09. The molecule has 0 unspecified atom stereocenters. The van der Waals surface area contributed by atoms with Gasteiger partial charge < -0.3 is 10.3 Å². The summed E-state index contributed by atoms with van der Waals surface area (Å²) in [5.74, 6) is 0.439. The van der Waals surface area contributed by atoms with Crippen LogP contribution in [0.15, 0.2) is 22.7 Å². The third-order valence-electron chi connectivity index (χ3n) is 2.45. The summed E-state index contributed by atoms with van der Waals surface area (Å²) in [4.78, 5) is 14.8. The molecule has 0 saturated carbocycles. The van der Waals surface area contributed by atoms with E-state index in [1.54, 1.807) is 12.1 Å². The summed E-state index contributed by atoms with van der Waals surface area (Å²) in [6, 6.07) is 5.22. The lowest BCUT2D eigenvalue weighted by atomic mass is 10.1. The zero-order valence-electron chi connectivity index (χ0n) is 10.4. The molecule has 6 nitrogen and oxygen atoms in total. The lowest BCUT2D eigenvalue weighted by molar-refractivity contribution is -0.117. The summed E-state index contributed by atoms with van der Waals surface area (Å²) in [6.45, 7) is 0.338. The Hall–Kier alpha value is -1.63. The van der Waals surface area contributed by atoms with Crippen molar-refractivity contribution in [1.82, 2.24) is 15.5 Å². The molecule has 106 valence electrons. The van der Waals surface area contributed by atoms with Gasteiger partial charge in [-0.3, -0.25) is 10.1 Å². The summed E-state index contributed by atoms with van der Waals surface area (Å²) in [6.07, 6.45) is 0.440. The average Bonchev–Trinajstić information content (AvgIpc) is 2.80. The molecule has 1 aromatic heterocycles. The third-order valence-corrected chi connectivity index (χ3v) is 3.04. The van der Waals surface area contributed by atoms with Gasteiger partial charge in [0.25, 0.3) is 0 Å². The van der Waals surface area contributed by atoms with E-state index in [4.69, 9.17) is 33.5 Å². The largest absolute Gasteiger partial charge is 0.369 e. The highest BCUT2D eigenvalue weighted by molar-refractivity contribution is 6.35. The van der Waals surface area contributed by atoms with E-state index in [9.17, 15) is 4.79 Å². The molecule has 8 heteroatoms. The van der Waals surface area contributed by atoms with Crippen LogP contribution in [-0.2, 0) is 17.8 Å². The summed E-state index contributed by atoms with van der Waals surface area (Å²) < 4.78 is 5.04. The second kappa shape index (κ2) is 6.69. The summed E-state index contributed by atoms with van der Waals surface area (Å²) in [5, 5.41) is 7.75. The minimum atomic E-state index is -0.447. The molecule has 2 rings (SSSR count). The van der Waals surface area contributed by atoms with Crippen molar-refractivity contribution in [2.45, 2.75) is 13.0 Å². The number of carbonyl (C=O) groups excluding carboxylic acids is 1.